The van der Waals surface area contributed by atoms with E-state index in [-0.39, 0.29) is 5.91 Å². The van der Waals surface area contributed by atoms with E-state index in [0.717, 1.165) is 17.9 Å². The zero-order valence-corrected chi connectivity index (χ0v) is 10.7. The number of pyridine rings is 1. The van der Waals surface area contributed by atoms with Crippen molar-refractivity contribution in [2.75, 3.05) is 6.54 Å². The Morgan fingerprint density at radius 2 is 2.35 bits per heavy atom. The number of nitrogens with two attached hydrogens (primary N) is 2. The molecule has 0 aliphatic heterocycles. The highest BCUT2D eigenvalue weighted by atomic mass is 32.2. The third kappa shape index (κ3) is 4.72. The fourth-order valence-electron chi connectivity index (χ4n) is 1.31. The summed E-state index contributed by atoms with van der Waals surface area (Å²) in [7, 11) is 0. The first-order valence-electron chi connectivity index (χ1n) is 5.46. The van der Waals surface area contributed by atoms with E-state index in [1.165, 1.54) is 0 Å². The van der Waals surface area contributed by atoms with Gasteiger partial charge in [-0.3, -0.25) is 10.2 Å². The molecule has 0 saturated heterocycles. The first kappa shape index (κ1) is 14.0. The molecule has 6 heteroatoms. The molecule has 0 aliphatic carbocycles. The number of carbonyl (C=O) groups excluding carboxylic acids is 1. The van der Waals surface area contributed by atoms with Crippen LogP contribution in [0.1, 0.15) is 29.5 Å². The second kappa shape index (κ2) is 7.26. The zero-order valence-electron chi connectivity index (χ0n) is 9.85. The standard InChI is InChI=1S/C11H18N4OS/c1-8(5-6-12)17-7-9-3-2-4-10(14-9)11(16)15-13/h2-4,8H,5-7,12-13H2,1H3,(H,15,16). The summed E-state index contributed by atoms with van der Waals surface area (Å²) in [6.45, 7) is 2.82. The molecule has 0 radical (unpaired) electrons. The van der Waals surface area contributed by atoms with E-state index in [0.29, 0.717) is 17.5 Å². The average Bonchev–Trinajstić information content (AvgIpc) is 2.36. The Balaban J connectivity index is 2.57. The van der Waals surface area contributed by atoms with Gasteiger partial charge in [0.15, 0.2) is 0 Å². The number of thioether (sulfide) groups is 1. The Kier molecular flexibility index (Phi) is 5.96. The van der Waals surface area contributed by atoms with Crippen molar-refractivity contribution in [1.82, 2.24) is 10.4 Å². The predicted molar refractivity (Wildman–Crippen MR) is 70.3 cm³/mol. The Hall–Kier alpha value is -1.11. The van der Waals surface area contributed by atoms with Crippen LogP contribution in [-0.4, -0.2) is 22.7 Å². The first-order valence-corrected chi connectivity index (χ1v) is 6.50. The molecule has 0 spiro atoms. The maximum atomic E-state index is 11.3. The van der Waals surface area contributed by atoms with E-state index in [2.05, 4.69) is 17.3 Å². The van der Waals surface area contributed by atoms with Crippen LogP contribution in [0.5, 0.6) is 0 Å². The summed E-state index contributed by atoms with van der Waals surface area (Å²) in [5.41, 5.74) is 8.77. The predicted octanol–water partition coefficient (Wildman–Crippen LogP) is 0.656. The number of rotatable bonds is 6. The van der Waals surface area contributed by atoms with E-state index in [4.69, 9.17) is 11.6 Å². The fraction of sp³-hybridized carbons (Fsp3) is 0.455. The summed E-state index contributed by atoms with van der Waals surface area (Å²) in [5.74, 6) is 5.46. The topological polar surface area (TPSA) is 94.0 Å². The number of hydrogen-bond donors (Lipinski definition) is 3. The number of carbonyl (C=O) groups is 1. The molecule has 0 saturated carbocycles. The second-order valence-corrected chi connectivity index (χ2v) is 5.11. The van der Waals surface area contributed by atoms with Gasteiger partial charge in [-0.25, -0.2) is 10.8 Å². The van der Waals surface area contributed by atoms with Crippen molar-refractivity contribution in [2.45, 2.75) is 24.3 Å². The molecule has 1 aromatic heterocycles. The van der Waals surface area contributed by atoms with Gasteiger partial charge in [-0.1, -0.05) is 13.0 Å². The van der Waals surface area contributed by atoms with E-state index < -0.39 is 0 Å². The maximum Gasteiger partial charge on any atom is 0.283 e. The molecule has 1 amide bonds. The molecule has 0 aromatic carbocycles. The Labute approximate surface area is 105 Å². The van der Waals surface area contributed by atoms with Gasteiger partial charge in [0.25, 0.3) is 5.91 Å². The van der Waals surface area contributed by atoms with Gasteiger partial charge in [-0.15, -0.1) is 0 Å². The minimum Gasteiger partial charge on any atom is -0.330 e. The molecular weight excluding hydrogens is 236 g/mol. The number of nitrogen functional groups attached to an aromatic ring is 1. The highest BCUT2D eigenvalue weighted by Gasteiger charge is 2.07. The van der Waals surface area contributed by atoms with Crippen LogP contribution in [0, 0.1) is 0 Å². The molecule has 5 nitrogen and oxygen atoms in total. The molecule has 94 valence electrons. The summed E-state index contributed by atoms with van der Waals surface area (Å²) >= 11 is 1.78. The smallest absolute Gasteiger partial charge is 0.283 e. The Morgan fingerprint density at radius 3 is 3.00 bits per heavy atom. The summed E-state index contributed by atoms with van der Waals surface area (Å²) in [6.07, 6.45) is 0.980. The van der Waals surface area contributed by atoms with Crippen LogP contribution in [0.3, 0.4) is 0 Å². The first-order chi connectivity index (χ1) is 8.17. The van der Waals surface area contributed by atoms with Gasteiger partial charge in [0, 0.05) is 11.0 Å². The number of nitrogens with one attached hydrogen (secondary N) is 1. The summed E-state index contributed by atoms with van der Waals surface area (Å²) in [6, 6.07) is 5.34. The highest BCUT2D eigenvalue weighted by Crippen LogP contribution is 2.18. The second-order valence-electron chi connectivity index (χ2n) is 3.69. The molecule has 0 bridgehead atoms. The number of aromatic nitrogens is 1. The molecule has 5 N–H and O–H groups in total. The van der Waals surface area contributed by atoms with Gasteiger partial charge in [0.1, 0.15) is 5.69 Å². The molecule has 0 aliphatic rings. The third-order valence-electron chi connectivity index (χ3n) is 2.26. The van der Waals surface area contributed by atoms with Gasteiger partial charge in [0.2, 0.25) is 0 Å². The summed E-state index contributed by atoms with van der Waals surface area (Å²) < 4.78 is 0. The van der Waals surface area contributed by atoms with Crippen molar-refractivity contribution in [3.63, 3.8) is 0 Å². The van der Waals surface area contributed by atoms with Crippen LogP contribution in [-0.2, 0) is 5.75 Å². The van der Waals surface area contributed by atoms with Crippen molar-refractivity contribution in [3.05, 3.63) is 29.6 Å². The quantitative estimate of drug-likeness (QED) is 0.394. The minimum absolute atomic E-state index is 0.345. The lowest BCUT2D eigenvalue weighted by Crippen LogP contribution is -2.30. The largest absolute Gasteiger partial charge is 0.330 e. The van der Waals surface area contributed by atoms with Crippen molar-refractivity contribution < 1.29 is 4.79 Å². The SMILES string of the molecule is CC(CCN)SCc1cccc(C(=O)NN)n1. The van der Waals surface area contributed by atoms with Crippen LogP contribution in [0.15, 0.2) is 18.2 Å². The molecule has 0 fully saturated rings. The van der Waals surface area contributed by atoms with Gasteiger partial charge < -0.3 is 5.73 Å². The van der Waals surface area contributed by atoms with E-state index >= 15 is 0 Å². The molecule has 1 unspecified atom stereocenters. The molecule has 1 heterocycles. The number of hydrazine groups is 1. The van der Waals surface area contributed by atoms with Crippen molar-refractivity contribution in [1.29, 1.82) is 0 Å². The van der Waals surface area contributed by atoms with E-state index in [9.17, 15) is 4.79 Å². The molecule has 1 aromatic rings. The van der Waals surface area contributed by atoms with Gasteiger partial charge in [-0.2, -0.15) is 11.8 Å². The van der Waals surface area contributed by atoms with Crippen LogP contribution in [0.25, 0.3) is 0 Å². The number of amides is 1. The minimum atomic E-state index is -0.369. The van der Waals surface area contributed by atoms with Crippen LogP contribution in [0.2, 0.25) is 0 Å². The Morgan fingerprint density at radius 1 is 1.59 bits per heavy atom. The van der Waals surface area contributed by atoms with Crippen molar-refractivity contribution in [2.24, 2.45) is 11.6 Å². The zero-order chi connectivity index (χ0) is 12.7. The van der Waals surface area contributed by atoms with Gasteiger partial charge in [-0.05, 0) is 25.1 Å². The summed E-state index contributed by atoms with van der Waals surface area (Å²) in [5, 5.41) is 0.494. The van der Waals surface area contributed by atoms with Gasteiger partial charge >= 0.3 is 0 Å². The van der Waals surface area contributed by atoms with E-state index in [1.807, 2.05) is 6.07 Å². The van der Waals surface area contributed by atoms with Crippen LogP contribution in [0.4, 0.5) is 0 Å². The lowest BCUT2D eigenvalue weighted by Gasteiger charge is -2.09. The Bertz CT molecular complexity index is 372. The van der Waals surface area contributed by atoms with E-state index in [1.54, 1.807) is 23.9 Å². The van der Waals surface area contributed by atoms with Crippen molar-refractivity contribution >= 4 is 17.7 Å². The van der Waals surface area contributed by atoms with Gasteiger partial charge in [0.05, 0.1) is 5.69 Å². The lowest BCUT2D eigenvalue weighted by atomic mass is 10.3. The normalized spacial score (nSPS) is 12.2. The number of hydrogen-bond acceptors (Lipinski definition) is 5. The average molecular weight is 254 g/mol. The van der Waals surface area contributed by atoms with Crippen molar-refractivity contribution in [3.8, 4) is 0 Å². The fourth-order valence-corrected chi connectivity index (χ4v) is 2.22. The lowest BCUT2D eigenvalue weighted by molar-refractivity contribution is 0.0948. The maximum absolute atomic E-state index is 11.3. The molecule has 1 rings (SSSR count). The van der Waals surface area contributed by atoms with Crippen LogP contribution < -0.4 is 17.0 Å². The molecule has 1 atom stereocenters. The molecular formula is C11H18N4OS. The third-order valence-corrected chi connectivity index (χ3v) is 3.53. The summed E-state index contributed by atoms with van der Waals surface area (Å²) in [4.78, 5) is 15.5. The number of nitrogens with zero attached hydrogens (tertiary/aromatic N) is 1. The molecule has 17 heavy (non-hydrogen) atoms. The monoisotopic (exact) mass is 254 g/mol. The van der Waals surface area contributed by atoms with Crippen LogP contribution >= 0.6 is 11.8 Å². The highest BCUT2D eigenvalue weighted by molar-refractivity contribution is 7.99.